The van der Waals surface area contributed by atoms with Crippen molar-refractivity contribution in [3.05, 3.63) is 66.2 Å². The lowest BCUT2D eigenvalue weighted by Gasteiger charge is -2.09. The average Bonchev–Trinajstić information content (AvgIpc) is 2.47. The standard InChI is InChI=1S/C19H15N/c1-12-6-7-15-10-16-8-13-4-2-3-5-14(13)9-17(16)11-18(15)19(12)20/h2-11H,20H2,1H3. The van der Waals surface area contributed by atoms with E-state index in [0.717, 1.165) is 16.6 Å². The predicted octanol–water partition coefficient (Wildman–Crippen LogP) is 5.04. The lowest BCUT2D eigenvalue weighted by molar-refractivity contribution is 1.51. The van der Waals surface area contributed by atoms with Crippen molar-refractivity contribution in [1.29, 1.82) is 0 Å². The molecule has 1 nitrogen and oxygen atoms in total. The van der Waals surface area contributed by atoms with Gasteiger partial charge >= 0.3 is 0 Å². The summed E-state index contributed by atoms with van der Waals surface area (Å²) in [6, 6.07) is 21.6. The molecule has 0 fully saturated rings. The molecule has 0 saturated heterocycles. The number of aryl methyl sites for hydroxylation is 1. The minimum Gasteiger partial charge on any atom is -0.398 e. The highest BCUT2D eigenvalue weighted by Crippen LogP contribution is 2.31. The number of nitrogens with two attached hydrogens (primary N) is 1. The molecule has 0 amide bonds. The summed E-state index contributed by atoms with van der Waals surface area (Å²) in [4.78, 5) is 0. The van der Waals surface area contributed by atoms with Crippen molar-refractivity contribution >= 4 is 38.0 Å². The van der Waals surface area contributed by atoms with E-state index >= 15 is 0 Å². The molecule has 2 N–H and O–H groups in total. The smallest absolute Gasteiger partial charge is 0.0423 e. The van der Waals surface area contributed by atoms with Gasteiger partial charge in [-0.15, -0.1) is 0 Å². The van der Waals surface area contributed by atoms with E-state index in [9.17, 15) is 0 Å². The number of hydrogen-bond acceptors (Lipinski definition) is 1. The van der Waals surface area contributed by atoms with E-state index in [0.29, 0.717) is 0 Å². The van der Waals surface area contributed by atoms with Crippen LogP contribution in [0.2, 0.25) is 0 Å². The molecule has 4 aromatic rings. The van der Waals surface area contributed by atoms with Crippen molar-refractivity contribution in [2.45, 2.75) is 6.92 Å². The first-order chi connectivity index (χ1) is 9.72. The van der Waals surface area contributed by atoms with Crippen LogP contribution in [0.1, 0.15) is 5.56 Å². The Kier molecular flexibility index (Phi) is 2.25. The molecule has 4 aromatic carbocycles. The average molecular weight is 257 g/mol. The molecule has 4 rings (SSSR count). The topological polar surface area (TPSA) is 26.0 Å². The van der Waals surface area contributed by atoms with Gasteiger partial charge in [0.05, 0.1) is 0 Å². The molecular weight excluding hydrogens is 242 g/mol. The zero-order chi connectivity index (χ0) is 13.7. The summed E-state index contributed by atoms with van der Waals surface area (Å²) in [5, 5.41) is 7.40. The lowest BCUT2D eigenvalue weighted by atomic mass is 9.98. The molecule has 0 radical (unpaired) electrons. The van der Waals surface area contributed by atoms with Crippen molar-refractivity contribution in [3.63, 3.8) is 0 Å². The molecule has 20 heavy (non-hydrogen) atoms. The second-order valence-electron chi connectivity index (χ2n) is 5.42. The number of hydrogen-bond donors (Lipinski definition) is 1. The Morgan fingerprint density at radius 3 is 1.95 bits per heavy atom. The molecule has 96 valence electrons. The first-order valence-corrected chi connectivity index (χ1v) is 6.84. The number of rotatable bonds is 0. The van der Waals surface area contributed by atoms with Gasteiger partial charge in [-0.25, -0.2) is 0 Å². The third-order valence-corrected chi connectivity index (χ3v) is 4.10. The van der Waals surface area contributed by atoms with Gasteiger partial charge in [-0.1, -0.05) is 36.4 Å². The highest BCUT2D eigenvalue weighted by atomic mass is 14.6. The summed E-state index contributed by atoms with van der Waals surface area (Å²) < 4.78 is 0. The van der Waals surface area contributed by atoms with E-state index in [2.05, 4.69) is 67.6 Å². The van der Waals surface area contributed by atoms with Crippen LogP contribution < -0.4 is 5.73 Å². The normalized spacial score (nSPS) is 11.4. The van der Waals surface area contributed by atoms with Crippen molar-refractivity contribution in [1.82, 2.24) is 0 Å². The molecule has 0 aliphatic carbocycles. The molecule has 0 atom stereocenters. The number of nitrogen functional groups attached to an aromatic ring is 1. The van der Waals surface area contributed by atoms with Gasteiger partial charge in [0, 0.05) is 11.1 Å². The molecule has 0 unspecified atom stereocenters. The highest BCUT2D eigenvalue weighted by molar-refractivity contribution is 6.07. The summed E-state index contributed by atoms with van der Waals surface area (Å²) in [7, 11) is 0. The number of fused-ring (bicyclic) bond motifs is 3. The van der Waals surface area contributed by atoms with Crippen molar-refractivity contribution in [2.75, 3.05) is 5.73 Å². The predicted molar refractivity (Wildman–Crippen MR) is 88.1 cm³/mol. The maximum Gasteiger partial charge on any atom is 0.0423 e. The zero-order valence-corrected chi connectivity index (χ0v) is 11.4. The summed E-state index contributed by atoms with van der Waals surface area (Å²) in [6.07, 6.45) is 0. The van der Waals surface area contributed by atoms with Crippen LogP contribution in [0, 0.1) is 6.92 Å². The molecule has 0 saturated carbocycles. The van der Waals surface area contributed by atoms with Crippen LogP contribution in [0.5, 0.6) is 0 Å². The third kappa shape index (κ3) is 1.56. The van der Waals surface area contributed by atoms with Crippen molar-refractivity contribution < 1.29 is 0 Å². The monoisotopic (exact) mass is 257 g/mol. The van der Waals surface area contributed by atoms with Gasteiger partial charge in [0.1, 0.15) is 0 Å². The van der Waals surface area contributed by atoms with Crippen LogP contribution in [0.4, 0.5) is 5.69 Å². The van der Waals surface area contributed by atoms with Gasteiger partial charge in [0.25, 0.3) is 0 Å². The van der Waals surface area contributed by atoms with Crippen LogP contribution >= 0.6 is 0 Å². The first-order valence-electron chi connectivity index (χ1n) is 6.84. The van der Waals surface area contributed by atoms with E-state index in [1.54, 1.807) is 0 Å². The van der Waals surface area contributed by atoms with E-state index < -0.39 is 0 Å². The van der Waals surface area contributed by atoms with Gasteiger partial charge in [-0.3, -0.25) is 0 Å². The van der Waals surface area contributed by atoms with Crippen LogP contribution in [-0.2, 0) is 0 Å². The highest BCUT2D eigenvalue weighted by Gasteiger charge is 2.04. The van der Waals surface area contributed by atoms with Crippen LogP contribution in [0.3, 0.4) is 0 Å². The van der Waals surface area contributed by atoms with Crippen LogP contribution in [-0.4, -0.2) is 0 Å². The second kappa shape index (κ2) is 3.97. The fraction of sp³-hybridized carbons (Fsp3) is 0.0526. The third-order valence-electron chi connectivity index (χ3n) is 4.10. The van der Waals surface area contributed by atoms with Crippen molar-refractivity contribution in [2.24, 2.45) is 0 Å². The van der Waals surface area contributed by atoms with Gasteiger partial charge in [0.2, 0.25) is 0 Å². The summed E-state index contributed by atoms with van der Waals surface area (Å²) in [5.74, 6) is 0. The Hall–Kier alpha value is -2.54. The Bertz CT molecular complexity index is 967. The summed E-state index contributed by atoms with van der Waals surface area (Å²) >= 11 is 0. The van der Waals surface area contributed by atoms with E-state index in [4.69, 9.17) is 5.73 Å². The summed E-state index contributed by atoms with van der Waals surface area (Å²) in [5.41, 5.74) is 8.25. The maximum absolute atomic E-state index is 6.22. The Labute approximate surface area is 117 Å². The van der Waals surface area contributed by atoms with Crippen LogP contribution in [0.15, 0.2) is 60.7 Å². The molecule has 0 aliphatic heterocycles. The molecule has 0 spiro atoms. The number of anilines is 1. The van der Waals surface area contributed by atoms with Gasteiger partial charge in [0.15, 0.2) is 0 Å². The first kappa shape index (κ1) is 11.3. The lowest BCUT2D eigenvalue weighted by Crippen LogP contribution is -1.91. The number of benzene rings is 4. The van der Waals surface area contributed by atoms with E-state index in [-0.39, 0.29) is 0 Å². The minimum atomic E-state index is 0.887. The molecule has 0 bridgehead atoms. The molecular formula is C19H15N. The molecule has 0 aliphatic rings. The van der Waals surface area contributed by atoms with E-state index in [1.165, 1.54) is 26.9 Å². The van der Waals surface area contributed by atoms with Gasteiger partial charge in [-0.05, 0) is 63.7 Å². The Morgan fingerprint density at radius 2 is 1.25 bits per heavy atom. The molecule has 0 aromatic heterocycles. The molecule has 1 heteroatoms. The minimum absolute atomic E-state index is 0.887. The molecule has 0 heterocycles. The van der Waals surface area contributed by atoms with Gasteiger partial charge < -0.3 is 5.73 Å². The maximum atomic E-state index is 6.22. The van der Waals surface area contributed by atoms with Gasteiger partial charge in [-0.2, -0.15) is 0 Å². The second-order valence-corrected chi connectivity index (χ2v) is 5.42. The van der Waals surface area contributed by atoms with Crippen LogP contribution in [0.25, 0.3) is 32.3 Å². The quantitative estimate of drug-likeness (QED) is 0.347. The summed E-state index contributed by atoms with van der Waals surface area (Å²) in [6.45, 7) is 2.05. The van der Waals surface area contributed by atoms with E-state index in [1.807, 2.05) is 0 Å². The fourth-order valence-corrected chi connectivity index (χ4v) is 2.90. The fourth-order valence-electron chi connectivity index (χ4n) is 2.90. The Morgan fingerprint density at radius 1 is 0.650 bits per heavy atom. The van der Waals surface area contributed by atoms with Crippen molar-refractivity contribution in [3.8, 4) is 0 Å². The zero-order valence-electron chi connectivity index (χ0n) is 11.4. The largest absolute Gasteiger partial charge is 0.398 e. The Balaban J connectivity index is 2.18. The SMILES string of the molecule is Cc1ccc2cc3cc4ccccc4cc3cc2c1N.